The lowest BCUT2D eigenvalue weighted by Gasteiger charge is -2.09. The van der Waals surface area contributed by atoms with Crippen molar-refractivity contribution in [1.82, 2.24) is 5.32 Å². The molecule has 2 aromatic rings. The van der Waals surface area contributed by atoms with Gasteiger partial charge in [0.25, 0.3) is 5.91 Å². The third-order valence-corrected chi connectivity index (χ3v) is 3.70. The van der Waals surface area contributed by atoms with Crippen molar-refractivity contribution in [1.29, 1.82) is 10.7 Å². The van der Waals surface area contributed by atoms with Gasteiger partial charge in [0.1, 0.15) is 6.07 Å². The Balaban J connectivity index is 2.12. The summed E-state index contributed by atoms with van der Waals surface area (Å²) in [5.41, 5.74) is 8.38. The van der Waals surface area contributed by atoms with Crippen molar-refractivity contribution < 1.29 is 4.79 Å². The fourth-order valence-electron chi connectivity index (χ4n) is 1.72. The van der Waals surface area contributed by atoms with Crippen LogP contribution in [0.4, 0.5) is 5.69 Å². The molecule has 5 N–H and O–H groups in total. The summed E-state index contributed by atoms with van der Waals surface area (Å²) >= 11 is 1.56. The van der Waals surface area contributed by atoms with Gasteiger partial charge in [-0.15, -0.1) is 11.3 Å². The maximum Gasteiger partial charge on any atom is 0.253 e. The summed E-state index contributed by atoms with van der Waals surface area (Å²) < 4.78 is 0. The predicted octanol–water partition coefficient (Wildman–Crippen LogP) is 1.91. The van der Waals surface area contributed by atoms with E-state index in [-0.39, 0.29) is 11.6 Å². The van der Waals surface area contributed by atoms with E-state index >= 15 is 0 Å². The zero-order valence-corrected chi connectivity index (χ0v) is 12.9. The zero-order chi connectivity index (χ0) is 16.7. The molecule has 1 heterocycles. The van der Waals surface area contributed by atoms with Crippen molar-refractivity contribution in [2.75, 3.05) is 5.43 Å². The van der Waals surface area contributed by atoms with E-state index < -0.39 is 5.84 Å². The number of nitrogens with zero attached hydrogens (tertiary/aromatic N) is 2. The lowest BCUT2D eigenvalue weighted by atomic mass is 10.1. The highest BCUT2D eigenvalue weighted by Crippen LogP contribution is 2.15. The minimum atomic E-state index is -0.445. The fourth-order valence-corrected chi connectivity index (χ4v) is 2.36. The summed E-state index contributed by atoms with van der Waals surface area (Å²) in [6.07, 6.45) is 0. The highest BCUT2D eigenvalue weighted by atomic mass is 32.1. The number of anilines is 1. The minimum Gasteiger partial charge on any atom is -0.382 e. The Hall–Kier alpha value is -3.18. The molecule has 0 radical (unpaired) electrons. The second-order valence-electron chi connectivity index (χ2n) is 4.41. The molecule has 1 amide bonds. The first-order chi connectivity index (χ1) is 11.1. The van der Waals surface area contributed by atoms with Gasteiger partial charge in [-0.2, -0.15) is 10.4 Å². The Morgan fingerprint density at radius 1 is 1.35 bits per heavy atom. The Morgan fingerprint density at radius 3 is 2.78 bits per heavy atom. The number of hydrazone groups is 1. The number of hydrogen-bond donors (Lipinski definition) is 4. The molecule has 7 nitrogen and oxygen atoms in total. The van der Waals surface area contributed by atoms with Crippen LogP contribution in [-0.2, 0) is 6.54 Å². The number of rotatable bonds is 6. The lowest BCUT2D eigenvalue weighted by Crippen LogP contribution is -2.24. The maximum atomic E-state index is 12.3. The first-order valence-electron chi connectivity index (χ1n) is 6.59. The second-order valence-corrected chi connectivity index (χ2v) is 5.44. The summed E-state index contributed by atoms with van der Waals surface area (Å²) in [5.74, 6) is -0.710. The van der Waals surface area contributed by atoms with Crippen molar-refractivity contribution in [3.63, 3.8) is 0 Å². The number of para-hydroxylation sites is 1. The molecule has 2 rings (SSSR count). The average molecular weight is 326 g/mol. The van der Waals surface area contributed by atoms with Crippen LogP contribution in [0.2, 0.25) is 0 Å². The smallest absolute Gasteiger partial charge is 0.253 e. The number of thiophene rings is 1. The van der Waals surface area contributed by atoms with Crippen LogP contribution >= 0.6 is 11.3 Å². The van der Waals surface area contributed by atoms with Crippen molar-refractivity contribution in [2.45, 2.75) is 6.54 Å². The molecule has 0 aliphatic rings. The number of benzene rings is 1. The van der Waals surface area contributed by atoms with Gasteiger partial charge in [-0.1, -0.05) is 18.2 Å². The summed E-state index contributed by atoms with van der Waals surface area (Å²) in [7, 11) is 0. The number of carbonyl (C=O) groups excluding carboxylic acids is 1. The number of nitrogens with two attached hydrogens (primary N) is 1. The van der Waals surface area contributed by atoms with E-state index in [0.29, 0.717) is 17.8 Å². The molecule has 0 saturated carbocycles. The Bertz CT molecular complexity index is 776. The number of nitrogens with one attached hydrogen (secondary N) is 3. The monoisotopic (exact) mass is 326 g/mol. The van der Waals surface area contributed by atoms with Gasteiger partial charge < -0.3 is 11.1 Å². The predicted molar refractivity (Wildman–Crippen MR) is 90.5 cm³/mol. The zero-order valence-electron chi connectivity index (χ0n) is 12.0. The van der Waals surface area contributed by atoms with Gasteiger partial charge in [0.2, 0.25) is 5.71 Å². The Morgan fingerprint density at radius 2 is 2.13 bits per heavy atom. The summed E-state index contributed by atoms with van der Waals surface area (Å²) in [4.78, 5) is 13.3. The van der Waals surface area contributed by atoms with E-state index in [1.54, 1.807) is 41.7 Å². The molecule has 8 heteroatoms. The summed E-state index contributed by atoms with van der Waals surface area (Å²) in [6.45, 7) is 0.436. The molecule has 0 aliphatic heterocycles. The normalized spacial score (nSPS) is 10.7. The maximum absolute atomic E-state index is 12.3. The standard InChI is InChI=1S/C15H14N6OS/c16-8-13(14(17)18)21-20-12-6-2-1-5-11(12)15(22)19-9-10-4-3-7-23-10/h1-7,20H,9H2,(H3,17,18)(H,19,22)/b21-13+. The molecular formula is C15H14N6OS. The topological polar surface area (TPSA) is 127 Å². The molecule has 0 saturated heterocycles. The van der Waals surface area contributed by atoms with Crippen molar-refractivity contribution >= 4 is 34.5 Å². The van der Waals surface area contributed by atoms with E-state index in [9.17, 15) is 4.79 Å². The molecule has 0 aliphatic carbocycles. The first-order valence-corrected chi connectivity index (χ1v) is 7.47. The van der Waals surface area contributed by atoms with Crippen LogP contribution in [0.1, 0.15) is 15.2 Å². The number of nitriles is 1. The van der Waals surface area contributed by atoms with Crippen LogP contribution in [0.15, 0.2) is 46.9 Å². The van der Waals surface area contributed by atoms with Crippen LogP contribution in [0.3, 0.4) is 0 Å². The molecule has 0 unspecified atom stereocenters. The number of hydrogen-bond acceptors (Lipinski definition) is 6. The SMILES string of the molecule is N#C/C(=N\Nc1ccccc1C(=O)NCc1cccs1)C(=N)N. The van der Waals surface area contributed by atoms with Gasteiger partial charge in [-0.05, 0) is 23.6 Å². The third-order valence-electron chi connectivity index (χ3n) is 2.82. The fraction of sp³-hybridized carbons (Fsp3) is 0.0667. The van der Waals surface area contributed by atoms with Gasteiger partial charge >= 0.3 is 0 Å². The van der Waals surface area contributed by atoms with Gasteiger partial charge in [-0.3, -0.25) is 15.6 Å². The van der Waals surface area contributed by atoms with Crippen LogP contribution in [0.5, 0.6) is 0 Å². The average Bonchev–Trinajstić information content (AvgIpc) is 3.06. The highest BCUT2D eigenvalue weighted by Gasteiger charge is 2.11. The minimum absolute atomic E-state index is 0.251. The second kappa shape index (κ2) is 7.72. The van der Waals surface area contributed by atoms with Gasteiger partial charge in [-0.25, -0.2) is 0 Å². The summed E-state index contributed by atoms with van der Waals surface area (Å²) in [5, 5.41) is 24.5. The van der Waals surface area contributed by atoms with E-state index in [0.717, 1.165) is 4.88 Å². The number of carbonyl (C=O) groups is 1. The van der Waals surface area contributed by atoms with Crippen molar-refractivity contribution in [2.24, 2.45) is 10.8 Å². The van der Waals surface area contributed by atoms with Crippen LogP contribution in [0.25, 0.3) is 0 Å². The van der Waals surface area contributed by atoms with Gasteiger partial charge in [0.05, 0.1) is 17.8 Å². The quantitative estimate of drug-likeness (QED) is 0.367. The molecule has 1 aromatic heterocycles. The van der Waals surface area contributed by atoms with Crippen LogP contribution in [-0.4, -0.2) is 17.5 Å². The van der Waals surface area contributed by atoms with Crippen molar-refractivity contribution in [3.05, 3.63) is 52.2 Å². The number of amides is 1. The van der Waals surface area contributed by atoms with E-state index in [1.165, 1.54) is 0 Å². The molecule has 116 valence electrons. The van der Waals surface area contributed by atoms with E-state index in [4.69, 9.17) is 16.4 Å². The molecule has 0 fully saturated rings. The Kier molecular flexibility index (Phi) is 5.44. The Labute approximate surface area is 136 Å². The van der Waals surface area contributed by atoms with Crippen molar-refractivity contribution in [3.8, 4) is 6.07 Å². The first kappa shape index (κ1) is 16.2. The summed E-state index contributed by atoms with van der Waals surface area (Å²) in [6, 6.07) is 12.3. The van der Waals surface area contributed by atoms with E-state index in [1.807, 2.05) is 17.5 Å². The molecule has 0 bridgehead atoms. The van der Waals surface area contributed by atoms with Crippen LogP contribution in [0, 0.1) is 16.7 Å². The molecular weight excluding hydrogens is 312 g/mol. The number of amidine groups is 1. The molecule has 0 atom stereocenters. The molecule has 1 aromatic carbocycles. The highest BCUT2D eigenvalue weighted by molar-refractivity contribution is 7.09. The largest absolute Gasteiger partial charge is 0.382 e. The molecule has 0 spiro atoms. The van der Waals surface area contributed by atoms with Gasteiger partial charge in [0.15, 0.2) is 5.84 Å². The third kappa shape index (κ3) is 4.39. The van der Waals surface area contributed by atoms with E-state index in [2.05, 4.69) is 15.8 Å². The lowest BCUT2D eigenvalue weighted by molar-refractivity contribution is 0.0952. The molecule has 23 heavy (non-hydrogen) atoms. The van der Waals surface area contributed by atoms with Gasteiger partial charge in [0, 0.05) is 4.88 Å². The van der Waals surface area contributed by atoms with Crippen LogP contribution < -0.4 is 16.5 Å².